The van der Waals surface area contributed by atoms with E-state index in [0.29, 0.717) is 51.0 Å². The first-order valence-corrected chi connectivity index (χ1v) is 15.0. The Morgan fingerprint density at radius 1 is 0.959 bits per heavy atom. The molecular formula is C33H29F3N4O9. The number of nitrogens with one attached hydrogen (secondary N) is 1. The molecule has 1 amide bonds. The molecule has 1 aromatic heterocycles. The minimum Gasteiger partial charge on any atom is -0.493 e. The van der Waals surface area contributed by atoms with Crippen LogP contribution >= 0.6 is 0 Å². The summed E-state index contributed by atoms with van der Waals surface area (Å²) in [5.41, 5.74) is 2.71. The molecule has 7 rings (SSSR count). The number of ether oxygens (including phenoxy) is 7. The number of rotatable bonds is 9. The normalized spacial score (nSPS) is 20.6. The molecule has 4 atom stereocenters. The van der Waals surface area contributed by atoms with Crippen LogP contribution in [0.4, 0.5) is 13.2 Å². The van der Waals surface area contributed by atoms with Crippen molar-refractivity contribution in [2.24, 2.45) is 11.8 Å². The van der Waals surface area contributed by atoms with Crippen LogP contribution in [-0.4, -0.2) is 68.0 Å². The molecule has 1 fully saturated rings. The van der Waals surface area contributed by atoms with E-state index in [4.69, 9.17) is 28.4 Å². The maximum absolute atomic E-state index is 13.7. The van der Waals surface area contributed by atoms with Gasteiger partial charge in [0.15, 0.2) is 28.7 Å². The van der Waals surface area contributed by atoms with Gasteiger partial charge in [0.1, 0.15) is 5.75 Å². The lowest BCUT2D eigenvalue weighted by molar-refractivity contribution is -0.274. The van der Waals surface area contributed by atoms with E-state index in [9.17, 15) is 22.8 Å². The molecule has 256 valence electrons. The van der Waals surface area contributed by atoms with Gasteiger partial charge in [-0.25, -0.2) is 4.68 Å². The summed E-state index contributed by atoms with van der Waals surface area (Å²) >= 11 is 0. The first-order chi connectivity index (χ1) is 23.6. The summed E-state index contributed by atoms with van der Waals surface area (Å²) in [6.07, 6.45) is -3.38. The fraction of sp³-hybridized carbons (Fsp3) is 0.333. The van der Waals surface area contributed by atoms with Crippen LogP contribution < -0.4 is 33.7 Å². The molecule has 16 heteroatoms. The number of carbonyl (C=O) groups is 2. The Bertz CT molecular complexity index is 1890. The van der Waals surface area contributed by atoms with Crippen LogP contribution in [0.3, 0.4) is 0 Å². The summed E-state index contributed by atoms with van der Waals surface area (Å²) in [4.78, 5) is 27.1. The predicted molar refractivity (Wildman–Crippen MR) is 161 cm³/mol. The van der Waals surface area contributed by atoms with Gasteiger partial charge in [0, 0.05) is 11.8 Å². The minimum atomic E-state index is -4.80. The van der Waals surface area contributed by atoms with Crippen LogP contribution in [0.5, 0.6) is 34.5 Å². The topological polar surface area (TPSA) is 141 Å². The molecule has 0 saturated carbocycles. The standard InChI is InChI=1S/C33H29F3N4O9/c1-43-25-8-17(9-26(44-2)30(25)45-3)27-19-10-23-24(48-15-47-23)11-20(19)29(21-14-46-32(42)28(21)27)37-31(41)22-13-40(39-38-22)12-16-4-6-18(7-5-16)49-33(34,35)36/h4-11,13,21,27-29H,12,14-15H2,1-3H3,(H,37,41)/t21-,27+,28-,29+/m0/s1. The van der Waals surface area contributed by atoms with E-state index in [2.05, 4.69) is 20.4 Å². The van der Waals surface area contributed by atoms with Crippen LogP contribution in [0.15, 0.2) is 54.7 Å². The second kappa shape index (κ2) is 12.4. The molecule has 1 saturated heterocycles. The van der Waals surface area contributed by atoms with Crippen LogP contribution in [0, 0.1) is 11.8 Å². The zero-order chi connectivity index (χ0) is 34.4. The van der Waals surface area contributed by atoms with Gasteiger partial charge in [-0.3, -0.25) is 9.59 Å². The quantitative estimate of drug-likeness (QED) is 0.252. The molecule has 0 radical (unpaired) electrons. The van der Waals surface area contributed by atoms with Crippen molar-refractivity contribution in [3.8, 4) is 34.5 Å². The Balaban J connectivity index is 1.20. The van der Waals surface area contributed by atoms with E-state index in [0.717, 1.165) is 0 Å². The van der Waals surface area contributed by atoms with E-state index in [1.807, 2.05) is 6.07 Å². The fourth-order valence-corrected chi connectivity index (χ4v) is 6.71. The summed E-state index contributed by atoms with van der Waals surface area (Å²) in [5.74, 6) is -0.881. The largest absolute Gasteiger partial charge is 0.573 e. The number of aromatic nitrogens is 3. The maximum atomic E-state index is 13.7. The summed E-state index contributed by atoms with van der Waals surface area (Å²) < 4.78 is 76.6. The van der Waals surface area contributed by atoms with E-state index in [-0.39, 0.29) is 31.4 Å². The van der Waals surface area contributed by atoms with Crippen molar-refractivity contribution in [1.29, 1.82) is 0 Å². The average Bonchev–Trinajstić information content (AvgIpc) is 3.84. The van der Waals surface area contributed by atoms with Gasteiger partial charge < -0.3 is 38.5 Å². The van der Waals surface area contributed by atoms with Gasteiger partial charge in [-0.1, -0.05) is 17.3 Å². The number of methoxy groups -OCH3 is 3. The summed E-state index contributed by atoms with van der Waals surface area (Å²) in [7, 11) is 4.51. The van der Waals surface area contributed by atoms with Crippen LogP contribution in [0.25, 0.3) is 0 Å². The Morgan fingerprint density at radius 3 is 2.27 bits per heavy atom. The summed E-state index contributed by atoms with van der Waals surface area (Å²) in [6.45, 7) is 0.190. The Hall–Kier alpha value is -5.67. The van der Waals surface area contributed by atoms with E-state index < -0.39 is 42.0 Å². The Kier molecular flexibility index (Phi) is 8.08. The first kappa shape index (κ1) is 31.9. The smallest absolute Gasteiger partial charge is 0.493 e. The number of halogens is 3. The lowest BCUT2D eigenvalue weighted by atomic mass is 9.65. The molecule has 3 heterocycles. The summed E-state index contributed by atoms with van der Waals surface area (Å²) in [6, 6.07) is 11.8. The molecule has 2 aliphatic heterocycles. The number of amides is 1. The van der Waals surface area contributed by atoms with Crippen molar-refractivity contribution < 1.29 is 55.9 Å². The highest BCUT2D eigenvalue weighted by Crippen LogP contribution is 2.55. The average molecular weight is 683 g/mol. The molecular weight excluding hydrogens is 653 g/mol. The van der Waals surface area contributed by atoms with Crippen molar-refractivity contribution in [3.63, 3.8) is 0 Å². The van der Waals surface area contributed by atoms with Crippen molar-refractivity contribution in [1.82, 2.24) is 20.3 Å². The monoisotopic (exact) mass is 682 g/mol. The van der Waals surface area contributed by atoms with E-state index in [1.54, 1.807) is 18.2 Å². The number of carbonyl (C=O) groups excluding carboxylic acids is 2. The molecule has 0 spiro atoms. The number of fused-ring (bicyclic) bond motifs is 3. The molecule has 3 aliphatic rings. The molecule has 4 aromatic rings. The fourth-order valence-electron chi connectivity index (χ4n) is 6.71. The van der Waals surface area contributed by atoms with Crippen molar-refractivity contribution >= 4 is 11.9 Å². The van der Waals surface area contributed by atoms with Gasteiger partial charge in [0.05, 0.1) is 52.6 Å². The number of benzene rings is 3. The minimum absolute atomic E-state index is 0.00661. The van der Waals surface area contributed by atoms with Crippen molar-refractivity contribution in [3.05, 3.63) is 82.7 Å². The van der Waals surface area contributed by atoms with Crippen molar-refractivity contribution in [2.45, 2.75) is 24.9 Å². The first-order valence-electron chi connectivity index (χ1n) is 15.0. The van der Waals surface area contributed by atoms with Crippen LogP contribution in [0.2, 0.25) is 0 Å². The van der Waals surface area contributed by atoms with Gasteiger partial charge in [-0.2, -0.15) is 0 Å². The predicted octanol–water partition coefficient (Wildman–Crippen LogP) is 4.39. The van der Waals surface area contributed by atoms with E-state index in [1.165, 1.54) is 56.5 Å². The second-order valence-corrected chi connectivity index (χ2v) is 11.5. The van der Waals surface area contributed by atoms with Gasteiger partial charge in [0.25, 0.3) is 5.91 Å². The Labute approximate surface area is 276 Å². The van der Waals surface area contributed by atoms with Crippen molar-refractivity contribution in [2.75, 3.05) is 34.7 Å². The number of alkyl halides is 3. The van der Waals surface area contributed by atoms with E-state index >= 15 is 0 Å². The summed E-state index contributed by atoms with van der Waals surface area (Å²) in [5, 5.41) is 11.1. The number of hydrogen-bond acceptors (Lipinski definition) is 11. The molecule has 1 aliphatic carbocycles. The second-order valence-electron chi connectivity index (χ2n) is 11.5. The third-order valence-corrected chi connectivity index (χ3v) is 8.79. The van der Waals surface area contributed by atoms with Crippen LogP contribution in [0.1, 0.15) is 44.7 Å². The number of esters is 1. The SMILES string of the molecule is COc1cc([C@@H]2c3cc4c(cc3[C@@H](NC(=O)c3cn(Cc5ccc(OC(F)(F)F)cc5)nn3)[C@H]3COC(=O)[C@H]23)OCO4)cc(OC)c1OC. The lowest BCUT2D eigenvalue weighted by Crippen LogP contribution is -2.43. The maximum Gasteiger partial charge on any atom is 0.573 e. The third-order valence-electron chi connectivity index (χ3n) is 8.79. The molecule has 49 heavy (non-hydrogen) atoms. The zero-order valence-corrected chi connectivity index (χ0v) is 26.3. The number of hydrogen-bond donors (Lipinski definition) is 1. The van der Waals surface area contributed by atoms with Gasteiger partial charge in [0.2, 0.25) is 12.5 Å². The number of nitrogens with zero attached hydrogens (tertiary/aromatic N) is 3. The molecule has 1 N–H and O–H groups in total. The van der Waals surface area contributed by atoms with Gasteiger partial charge in [-0.05, 0) is 58.7 Å². The lowest BCUT2D eigenvalue weighted by Gasteiger charge is -2.39. The highest BCUT2D eigenvalue weighted by molar-refractivity contribution is 5.92. The Morgan fingerprint density at radius 2 is 1.63 bits per heavy atom. The molecule has 3 aromatic carbocycles. The highest BCUT2D eigenvalue weighted by atomic mass is 19.4. The van der Waals surface area contributed by atoms with Gasteiger partial charge >= 0.3 is 12.3 Å². The molecule has 0 bridgehead atoms. The number of cyclic esters (lactones) is 1. The van der Waals surface area contributed by atoms with Gasteiger partial charge in [-0.15, -0.1) is 18.3 Å². The molecule has 13 nitrogen and oxygen atoms in total. The highest BCUT2D eigenvalue weighted by Gasteiger charge is 2.53. The third kappa shape index (κ3) is 5.98. The van der Waals surface area contributed by atoms with Crippen LogP contribution in [-0.2, 0) is 16.1 Å². The zero-order valence-electron chi connectivity index (χ0n) is 26.3. The molecule has 0 unspecified atom stereocenters.